The first-order chi connectivity index (χ1) is 5.79. The van der Waals surface area contributed by atoms with Gasteiger partial charge < -0.3 is 5.11 Å². The van der Waals surface area contributed by atoms with Gasteiger partial charge in [-0.05, 0) is 44.7 Å². The molecule has 0 aromatic rings. The summed E-state index contributed by atoms with van der Waals surface area (Å²) in [5.41, 5.74) is 0. The molecular weight excluding hydrogens is 154 g/mol. The van der Waals surface area contributed by atoms with Crippen LogP contribution in [0.3, 0.4) is 0 Å². The highest BCUT2D eigenvalue weighted by Gasteiger charge is 2.40. The number of carboxylic acids is 1. The molecule has 0 aromatic heterocycles. The van der Waals surface area contributed by atoms with E-state index < -0.39 is 5.97 Å². The minimum absolute atomic E-state index is 0.160. The summed E-state index contributed by atoms with van der Waals surface area (Å²) in [4.78, 5) is 13.1. The molecule has 2 fully saturated rings. The number of nitrogens with zero attached hydrogens (tertiary/aromatic N) is 1. The lowest BCUT2D eigenvalue weighted by molar-refractivity contribution is -0.143. The third kappa shape index (κ3) is 1.46. The van der Waals surface area contributed by atoms with Crippen molar-refractivity contribution in [1.82, 2.24) is 4.90 Å². The first kappa shape index (κ1) is 8.05. The lowest BCUT2D eigenvalue weighted by atomic mass is 10.1. The summed E-state index contributed by atoms with van der Waals surface area (Å²) < 4.78 is 0. The maximum atomic E-state index is 10.9. The van der Waals surface area contributed by atoms with E-state index in [0.717, 1.165) is 25.9 Å². The number of carbonyl (C=O) groups is 1. The summed E-state index contributed by atoms with van der Waals surface area (Å²) in [5.74, 6) is -0.153. The van der Waals surface area contributed by atoms with Crippen LogP contribution in [0.2, 0.25) is 0 Å². The van der Waals surface area contributed by atoms with E-state index in [-0.39, 0.29) is 6.04 Å². The zero-order valence-electron chi connectivity index (χ0n) is 7.20. The van der Waals surface area contributed by atoms with Crippen LogP contribution in [0.4, 0.5) is 0 Å². The number of likely N-dealkylation sites (tertiary alicyclic amines) is 1. The molecule has 1 aliphatic carbocycles. The van der Waals surface area contributed by atoms with Crippen LogP contribution in [0.15, 0.2) is 0 Å². The van der Waals surface area contributed by atoms with Crippen LogP contribution in [0.1, 0.15) is 25.7 Å². The van der Waals surface area contributed by atoms with Gasteiger partial charge in [0.25, 0.3) is 0 Å². The molecule has 1 N–H and O–H groups in total. The predicted molar refractivity (Wildman–Crippen MR) is 45.0 cm³/mol. The number of aliphatic carboxylic acids is 1. The first-order valence-electron chi connectivity index (χ1n) is 4.76. The van der Waals surface area contributed by atoms with E-state index in [2.05, 4.69) is 4.90 Å². The van der Waals surface area contributed by atoms with E-state index in [1.807, 2.05) is 0 Å². The molecular formula is C9H15NO2. The molecule has 1 saturated heterocycles. The maximum absolute atomic E-state index is 10.9. The summed E-state index contributed by atoms with van der Waals surface area (Å²) in [6, 6.07) is -0.160. The number of carboxylic acid groups (broad SMARTS) is 1. The van der Waals surface area contributed by atoms with E-state index in [4.69, 9.17) is 5.11 Å². The number of hydrogen-bond acceptors (Lipinski definition) is 2. The van der Waals surface area contributed by atoms with Crippen molar-refractivity contribution in [3.63, 3.8) is 0 Å². The Morgan fingerprint density at radius 3 is 2.33 bits per heavy atom. The van der Waals surface area contributed by atoms with Gasteiger partial charge in [0.2, 0.25) is 0 Å². The molecule has 1 atom stereocenters. The van der Waals surface area contributed by atoms with E-state index in [1.165, 1.54) is 12.8 Å². The highest BCUT2D eigenvalue weighted by atomic mass is 16.4. The Balaban J connectivity index is 1.99. The van der Waals surface area contributed by atoms with Crippen molar-refractivity contribution >= 4 is 5.97 Å². The first-order valence-corrected chi connectivity index (χ1v) is 4.76. The van der Waals surface area contributed by atoms with Gasteiger partial charge in [0, 0.05) is 0 Å². The van der Waals surface area contributed by atoms with Gasteiger partial charge in [0.1, 0.15) is 6.04 Å². The van der Waals surface area contributed by atoms with Gasteiger partial charge in [-0.1, -0.05) is 0 Å². The third-order valence-corrected chi connectivity index (χ3v) is 2.86. The smallest absolute Gasteiger partial charge is 0.321 e. The molecule has 1 heterocycles. The summed E-state index contributed by atoms with van der Waals surface area (Å²) >= 11 is 0. The second-order valence-corrected chi connectivity index (χ2v) is 3.86. The van der Waals surface area contributed by atoms with Gasteiger partial charge in [0.15, 0.2) is 0 Å². The molecule has 0 spiro atoms. The summed E-state index contributed by atoms with van der Waals surface area (Å²) in [7, 11) is 0. The molecule has 0 bridgehead atoms. The van der Waals surface area contributed by atoms with Crippen LogP contribution in [0.25, 0.3) is 0 Å². The van der Waals surface area contributed by atoms with Gasteiger partial charge >= 0.3 is 5.97 Å². The van der Waals surface area contributed by atoms with Crippen molar-refractivity contribution < 1.29 is 9.90 Å². The van der Waals surface area contributed by atoms with Crippen molar-refractivity contribution in [2.45, 2.75) is 31.7 Å². The third-order valence-electron chi connectivity index (χ3n) is 2.86. The van der Waals surface area contributed by atoms with E-state index >= 15 is 0 Å². The Morgan fingerprint density at radius 1 is 1.33 bits per heavy atom. The Hall–Kier alpha value is -0.570. The highest BCUT2D eigenvalue weighted by molar-refractivity contribution is 5.74. The van der Waals surface area contributed by atoms with Crippen LogP contribution < -0.4 is 0 Å². The minimum Gasteiger partial charge on any atom is -0.480 e. The lowest BCUT2D eigenvalue weighted by Crippen LogP contribution is -2.40. The molecule has 2 aliphatic rings. The zero-order chi connectivity index (χ0) is 8.55. The normalized spacial score (nSPS) is 27.3. The predicted octanol–water partition coefficient (Wildman–Crippen LogP) is 0.945. The van der Waals surface area contributed by atoms with Gasteiger partial charge in [-0.15, -0.1) is 0 Å². The molecule has 2 rings (SSSR count). The van der Waals surface area contributed by atoms with Crippen molar-refractivity contribution in [1.29, 1.82) is 0 Å². The zero-order valence-corrected chi connectivity index (χ0v) is 7.20. The van der Waals surface area contributed by atoms with E-state index in [9.17, 15) is 4.79 Å². The van der Waals surface area contributed by atoms with Crippen molar-refractivity contribution in [2.24, 2.45) is 5.92 Å². The van der Waals surface area contributed by atoms with Crippen LogP contribution >= 0.6 is 0 Å². The molecule has 68 valence electrons. The van der Waals surface area contributed by atoms with Crippen LogP contribution in [0.5, 0.6) is 0 Å². The Morgan fingerprint density at radius 2 is 1.92 bits per heavy atom. The summed E-state index contributed by atoms with van der Waals surface area (Å²) in [6.07, 6.45) is 4.59. The average molecular weight is 169 g/mol. The molecule has 1 aliphatic heterocycles. The van der Waals surface area contributed by atoms with Crippen LogP contribution in [-0.4, -0.2) is 35.1 Å². The second-order valence-electron chi connectivity index (χ2n) is 3.86. The molecule has 3 nitrogen and oxygen atoms in total. The Labute approximate surface area is 72.4 Å². The number of rotatable bonds is 3. The van der Waals surface area contributed by atoms with Gasteiger partial charge in [-0.2, -0.15) is 0 Å². The second kappa shape index (κ2) is 3.05. The summed E-state index contributed by atoms with van der Waals surface area (Å²) in [6.45, 7) is 1.99. The molecule has 0 aromatic carbocycles. The van der Waals surface area contributed by atoms with Gasteiger partial charge in [-0.25, -0.2) is 0 Å². The number of hydrogen-bond donors (Lipinski definition) is 1. The fraction of sp³-hybridized carbons (Fsp3) is 0.889. The monoisotopic (exact) mass is 169 g/mol. The molecule has 0 radical (unpaired) electrons. The van der Waals surface area contributed by atoms with Crippen molar-refractivity contribution in [3.8, 4) is 0 Å². The molecule has 3 heteroatoms. The fourth-order valence-electron chi connectivity index (χ4n) is 2.09. The summed E-state index contributed by atoms with van der Waals surface area (Å²) in [5, 5.41) is 9.00. The molecule has 12 heavy (non-hydrogen) atoms. The lowest BCUT2D eigenvalue weighted by Gasteiger charge is -2.22. The van der Waals surface area contributed by atoms with Gasteiger partial charge in [-0.3, -0.25) is 9.69 Å². The van der Waals surface area contributed by atoms with E-state index in [1.54, 1.807) is 0 Å². The Bertz CT molecular complexity index is 183. The fourth-order valence-corrected chi connectivity index (χ4v) is 2.09. The van der Waals surface area contributed by atoms with E-state index in [0.29, 0.717) is 5.92 Å². The van der Waals surface area contributed by atoms with Crippen LogP contribution in [-0.2, 0) is 4.79 Å². The largest absolute Gasteiger partial charge is 0.480 e. The topological polar surface area (TPSA) is 40.5 Å². The quantitative estimate of drug-likeness (QED) is 0.683. The van der Waals surface area contributed by atoms with Crippen LogP contribution in [0, 0.1) is 5.92 Å². The van der Waals surface area contributed by atoms with Gasteiger partial charge in [0.05, 0.1) is 0 Å². The maximum Gasteiger partial charge on any atom is 0.321 e. The van der Waals surface area contributed by atoms with Crippen molar-refractivity contribution in [2.75, 3.05) is 13.1 Å². The molecule has 1 saturated carbocycles. The standard InChI is InChI=1S/C9H15NO2/c11-9(12)8(7-3-4-7)10-5-1-2-6-10/h7-8H,1-6H2,(H,11,12)/t8-/m1/s1. The SMILES string of the molecule is O=C(O)[C@@H](C1CC1)N1CCCC1. The molecule has 0 amide bonds. The molecule has 0 unspecified atom stereocenters. The highest BCUT2D eigenvalue weighted by Crippen LogP contribution is 2.36. The van der Waals surface area contributed by atoms with Crippen molar-refractivity contribution in [3.05, 3.63) is 0 Å². The average Bonchev–Trinajstić information content (AvgIpc) is 2.65. The Kier molecular flexibility index (Phi) is 2.05. The minimum atomic E-state index is -0.612.